The Hall–Kier alpha value is -1.51. The molecule has 0 saturated carbocycles. The second kappa shape index (κ2) is 5.70. The maximum atomic E-state index is 12.5. The molecular weight excluding hydrogens is 358 g/mol. The molecule has 0 atom stereocenters. The van der Waals surface area contributed by atoms with Crippen LogP contribution in [0.2, 0.25) is 0 Å². The smallest absolute Gasteiger partial charge is 0.287 e. The average molecular weight is 372 g/mol. The maximum absolute atomic E-state index is 12.5. The van der Waals surface area contributed by atoms with Gasteiger partial charge in [0.2, 0.25) is 5.78 Å². The van der Waals surface area contributed by atoms with Crippen LogP contribution in [0.15, 0.2) is 34.8 Å². The number of aryl methyl sites for hydroxylation is 1. The first-order valence-corrected chi connectivity index (χ1v) is 8.22. The third-order valence-corrected chi connectivity index (χ3v) is 4.93. The van der Waals surface area contributed by atoms with Gasteiger partial charge >= 0.3 is 10.2 Å². The molecule has 0 N–H and O–H groups in total. The molecule has 2 aromatic rings. The quantitative estimate of drug-likeness (QED) is 0.768. The summed E-state index contributed by atoms with van der Waals surface area (Å²) in [6.45, 7) is 1.64. The average Bonchev–Trinajstić information content (AvgIpc) is 2.80. The molecule has 0 unspecified atom stereocenters. The monoisotopic (exact) mass is 371 g/mol. The first-order chi connectivity index (χ1) is 9.73. The van der Waals surface area contributed by atoms with Crippen LogP contribution in [-0.4, -0.2) is 41.8 Å². The number of nitrogens with zero attached hydrogens (tertiary/aromatic N) is 3. The summed E-state index contributed by atoms with van der Waals surface area (Å²) in [7, 11) is -1.07. The van der Waals surface area contributed by atoms with Gasteiger partial charge in [0.05, 0.1) is 5.69 Å². The van der Waals surface area contributed by atoms with Crippen LogP contribution in [0.1, 0.15) is 21.7 Å². The van der Waals surface area contributed by atoms with Crippen LogP contribution in [0.25, 0.3) is 0 Å². The SMILES string of the molecule is Cc1cc(C(=O)c2cccc(Br)c2)n(S(=O)(=O)N(C)C)n1. The lowest BCUT2D eigenvalue weighted by atomic mass is 10.1. The summed E-state index contributed by atoms with van der Waals surface area (Å²) in [5.41, 5.74) is 0.859. The molecule has 0 aliphatic heterocycles. The molecule has 21 heavy (non-hydrogen) atoms. The summed E-state index contributed by atoms with van der Waals surface area (Å²) in [6.07, 6.45) is 0. The number of halogens is 1. The van der Waals surface area contributed by atoms with Crippen LogP contribution < -0.4 is 0 Å². The van der Waals surface area contributed by atoms with Crippen molar-refractivity contribution in [1.29, 1.82) is 0 Å². The number of hydrogen-bond acceptors (Lipinski definition) is 4. The normalized spacial score (nSPS) is 11.9. The van der Waals surface area contributed by atoms with Gasteiger partial charge in [0.1, 0.15) is 5.69 Å². The Kier molecular flexibility index (Phi) is 4.31. The maximum Gasteiger partial charge on any atom is 0.323 e. The molecule has 0 aliphatic rings. The zero-order valence-electron chi connectivity index (χ0n) is 11.7. The van der Waals surface area contributed by atoms with Gasteiger partial charge in [-0.2, -0.15) is 17.8 Å². The molecule has 1 heterocycles. The zero-order valence-corrected chi connectivity index (χ0v) is 14.1. The van der Waals surface area contributed by atoms with Crippen molar-refractivity contribution < 1.29 is 13.2 Å². The van der Waals surface area contributed by atoms with Crippen LogP contribution in [-0.2, 0) is 10.2 Å². The van der Waals surface area contributed by atoms with Crippen molar-refractivity contribution in [2.45, 2.75) is 6.92 Å². The van der Waals surface area contributed by atoms with Crippen LogP contribution in [0.3, 0.4) is 0 Å². The summed E-state index contributed by atoms with van der Waals surface area (Å²) in [5, 5.41) is 3.93. The molecule has 0 fully saturated rings. The molecule has 0 saturated heterocycles. The van der Waals surface area contributed by atoms with Crippen LogP contribution in [0.5, 0.6) is 0 Å². The molecule has 0 aliphatic carbocycles. The molecule has 1 aromatic carbocycles. The van der Waals surface area contributed by atoms with E-state index in [1.807, 2.05) is 0 Å². The minimum absolute atomic E-state index is 0.0132. The lowest BCUT2D eigenvalue weighted by Crippen LogP contribution is -2.32. The van der Waals surface area contributed by atoms with Gasteiger partial charge in [-0.3, -0.25) is 4.79 Å². The van der Waals surface area contributed by atoms with Crippen molar-refractivity contribution in [3.05, 3.63) is 51.8 Å². The van der Waals surface area contributed by atoms with Gasteiger partial charge in [0.25, 0.3) is 0 Å². The van der Waals surface area contributed by atoms with Crippen molar-refractivity contribution >= 4 is 31.9 Å². The lowest BCUT2D eigenvalue weighted by Gasteiger charge is -2.13. The Labute approximate surface area is 131 Å². The Morgan fingerprint density at radius 1 is 1.29 bits per heavy atom. The van der Waals surface area contributed by atoms with Gasteiger partial charge < -0.3 is 0 Å². The third kappa shape index (κ3) is 3.07. The van der Waals surface area contributed by atoms with Gasteiger partial charge in [-0.05, 0) is 25.1 Å². The number of rotatable bonds is 4. The molecule has 6 nitrogen and oxygen atoms in total. The molecule has 0 spiro atoms. The van der Waals surface area contributed by atoms with E-state index in [1.54, 1.807) is 31.2 Å². The highest BCUT2D eigenvalue weighted by molar-refractivity contribution is 9.10. The summed E-state index contributed by atoms with van der Waals surface area (Å²) in [4.78, 5) is 12.5. The summed E-state index contributed by atoms with van der Waals surface area (Å²) < 4.78 is 27.0. The Balaban J connectivity index is 2.58. The largest absolute Gasteiger partial charge is 0.323 e. The predicted octanol–water partition coefficient (Wildman–Crippen LogP) is 1.84. The highest BCUT2D eigenvalue weighted by Crippen LogP contribution is 2.18. The number of benzene rings is 1. The fraction of sp³-hybridized carbons (Fsp3) is 0.231. The van der Waals surface area contributed by atoms with Gasteiger partial charge in [-0.25, -0.2) is 0 Å². The van der Waals surface area contributed by atoms with Crippen molar-refractivity contribution in [3.8, 4) is 0 Å². The highest BCUT2D eigenvalue weighted by atomic mass is 79.9. The van der Waals surface area contributed by atoms with Gasteiger partial charge in [0, 0.05) is 24.1 Å². The molecule has 0 amide bonds. The van der Waals surface area contributed by atoms with E-state index in [4.69, 9.17) is 0 Å². The van der Waals surface area contributed by atoms with E-state index in [2.05, 4.69) is 21.0 Å². The Bertz CT molecular complexity index is 797. The predicted molar refractivity (Wildman–Crippen MR) is 82.5 cm³/mol. The fourth-order valence-electron chi connectivity index (χ4n) is 1.74. The minimum atomic E-state index is -3.84. The topological polar surface area (TPSA) is 72.3 Å². The Morgan fingerprint density at radius 2 is 1.95 bits per heavy atom. The fourth-order valence-corrected chi connectivity index (χ4v) is 3.06. The number of carbonyl (C=O) groups is 1. The molecule has 0 radical (unpaired) electrons. The summed E-state index contributed by atoms with van der Waals surface area (Å²) in [5.74, 6) is -0.401. The van der Waals surface area contributed by atoms with E-state index in [-0.39, 0.29) is 5.69 Å². The standard InChI is InChI=1S/C13H14BrN3O3S/c1-9-7-12(17(15-9)21(19,20)16(2)3)13(18)10-5-4-6-11(14)8-10/h4-8H,1-3H3. The zero-order chi connectivity index (χ0) is 15.8. The van der Waals surface area contributed by atoms with Crippen LogP contribution in [0, 0.1) is 6.92 Å². The van der Waals surface area contributed by atoms with E-state index >= 15 is 0 Å². The van der Waals surface area contributed by atoms with E-state index < -0.39 is 16.0 Å². The van der Waals surface area contributed by atoms with Gasteiger partial charge in [0.15, 0.2) is 0 Å². The first-order valence-electron chi connectivity index (χ1n) is 6.03. The van der Waals surface area contributed by atoms with Crippen LogP contribution in [0.4, 0.5) is 0 Å². The second-order valence-corrected chi connectivity index (χ2v) is 7.53. The second-order valence-electron chi connectivity index (χ2n) is 4.64. The van der Waals surface area contributed by atoms with Crippen LogP contribution >= 0.6 is 15.9 Å². The number of aromatic nitrogens is 2. The van der Waals surface area contributed by atoms with E-state index in [9.17, 15) is 13.2 Å². The van der Waals surface area contributed by atoms with Crippen molar-refractivity contribution in [2.75, 3.05) is 14.1 Å². The molecule has 0 bridgehead atoms. The number of carbonyl (C=O) groups excluding carboxylic acids is 1. The molecule has 1 aromatic heterocycles. The molecule has 8 heteroatoms. The minimum Gasteiger partial charge on any atom is -0.287 e. The highest BCUT2D eigenvalue weighted by Gasteiger charge is 2.26. The van der Waals surface area contributed by atoms with E-state index in [0.29, 0.717) is 11.3 Å². The van der Waals surface area contributed by atoms with E-state index in [0.717, 1.165) is 12.9 Å². The number of ketones is 1. The molecule has 2 rings (SSSR count). The lowest BCUT2D eigenvalue weighted by molar-refractivity contribution is 0.103. The van der Waals surface area contributed by atoms with Gasteiger partial charge in [-0.1, -0.05) is 28.1 Å². The van der Waals surface area contributed by atoms with Crippen molar-refractivity contribution in [3.63, 3.8) is 0 Å². The Morgan fingerprint density at radius 3 is 2.52 bits per heavy atom. The first kappa shape index (κ1) is 15.9. The van der Waals surface area contributed by atoms with Crippen molar-refractivity contribution in [1.82, 2.24) is 13.5 Å². The summed E-state index contributed by atoms with van der Waals surface area (Å²) >= 11 is 3.29. The summed E-state index contributed by atoms with van der Waals surface area (Å²) in [6, 6.07) is 8.23. The van der Waals surface area contributed by atoms with Gasteiger partial charge in [-0.15, -0.1) is 4.09 Å². The van der Waals surface area contributed by atoms with E-state index in [1.165, 1.54) is 20.2 Å². The number of hydrogen-bond donors (Lipinski definition) is 0. The van der Waals surface area contributed by atoms with Crippen molar-refractivity contribution in [2.24, 2.45) is 0 Å². The molecule has 112 valence electrons. The third-order valence-electron chi connectivity index (χ3n) is 2.80. The molecular formula is C13H14BrN3O3S.